The number of hydrogen-bond acceptors (Lipinski definition) is 2. The van der Waals surface area contributed by atoms with Crippen LogP contribution in [0.3, 0.4) is 0 Å². The molecule has 0 aliphatic rings. The van der Waals surface area contributed by atoms with Gasteiger partial charge in [0.1, 0.15) is 18.1 Å². The fraction of sp³-hybridized carbons (Fsp3) is 0.125. The number of carboxylic acids is 1. The quantitative estimate of drug-likeness (QED) is 0.413. The molecule has 3 aromatic carbocycles. The first-order valence-electron chi connectivity index (χ1n) is 9.51. The molecule has 158 valence electrons. The molecule has 7 heteroatoms. The van der Waals surface area contributed by atoms with E-state index in [-0.39, 0.29) is 12.2 Å². The van der Waals surface area contributed by atoms with Crippen LogP contribution in [0.25, 0.3) is 10.9 Å². The SMILES string of the molecule is O=C(O)c1cc2cc(OCc3ccccc3)ccc2n1Cc1ccc(C(F)(F)F)cc1. The van der Waals surface area contributed by atoms with E-state index >= 15 is 0 Å². The predicted molar refractivity (Wildman–Crippen MR) is 110 cm³/mol. The van der Waals surface area contributed by atoms with Crippen molar-refractivity contribution >= 4 is 16.9 Å². The van der Waals surface area contributed by atoms with Crippen molar-refractivity contribution in [3.05, 3.63) is 101 Å². The topological polar surface area (TPSA) is 51.5 Å². The van der Waals surface area contributed by atoms with Gasteiger partial charge in [0.05, 0.1) is 5.56 Å². The zero-order valence-corrected chi connectivity index (χ0v) is 16.3. The van der Waals surface area contributed by atoms with Crippen LogP contribution in [0.4, 0.5) is 13.2 Å². The van der Waals surface area contributed by atoms with E-state index in [4.69, 9.17) is 4.74 Å². The van der Waals surface area contributed by atoms with Crippen LogP contribution in [0.2, 0.25) is 0 Å². The van der Waals surface area contributed by atoms with Gasteiger partial charge in [0.15, 0.2) is 0 Å². The van der Waals surface area contributed by atoms with Gasteiger partial charge in [0, 0.05) is 17.4 Å². The number of alkyl halides is 3. The number of carbonyl (C=O) groups is 1. The van der Waals surface area contributed by atoms with E-state index in [0.717, 1.165) is 17.7 Å². The molecule has 1 N–H and O–H groups in total. The minimum absolute atomic E-state index is 0.0510. The average molecular weight is 425 g/mol. The molecule has 4 nitrogen and oxygen atoms in total. The first-order valence-corrected chi connectivity index (χ1v) is 9.51. The third-order valence-corrected chi connectivity index (χ3v) is 4.96. The molecule has 0 amide bonds. The van der Waals surface area contributed by atoms with E-state index in [2.05, 4.69) is 0 Å². The van der Waals surface area contributed by atoms with Crippen LogP contribution in [0.15, 0.2) is 78.9 Å². The minimum Gasteiger partial charge on any atom is -0.489 e. The molecule has 0 atom stereocenters. The minimum atomic E-state index is -4.42. The maximum absolute atomic E-state index is 12.8. The van der Waals surface area contributed by atoms with Crippen molar-refractivity contribution < 1.29 is 27.8 Å². The molecule has 1 aromatic heterocycles. The van der Waals surface area contributed by atoms with Crippen molar-refractivity contribution in [1.29, 1.82) is 0 Å². The maximum atomic E-state index is 12.8. The normalized spacial score (nSPS) is 11.6. The van der Waals surface area contributed by atoms with Gasteiger partial charge in [-0.05, 0) is 47.5 Å². The summed E-state index contributed by atoms with van der Waals surface area (Å²) in [6.07, 6.45) is -4.42. The zero-order valence-electron chi connectivity index (χ0n) is 16.3. The van der Waals surface area contributed by atoms with Gasteiger partial charge < -0.3 is 14.4 Å². The Bertz CT molecular complexity index is 1210. The summed E-state index contributed by atoms with van der Waals surface area (Å²) in [5.74, 6) is -0.519. The lowest BCUT2D eigenvalue weighted by atomic mass is 10.1. The number of hydrogen-bond donors (Lipinski definition) is 1. The molecular weight excluding hydrogens is 407 g/mol. The molecule has 0 radical (unpaired) electrons. The van der Waals surface area contributed by atoms with Gasteiger partial charge in [0.25, 0.3) is 0 Å². The summed E-state index contributed by atoms with van der Waals surface area (Å²) in [6.45, 7) is 0.512. The molecule has 4 rings (SSSR count). The number of ether oxygens (including phenoxy) is 1. The lowest BCUT2D eigenvalue weighted by Gasteiger charge is -2.11. The Morgan fingerprint density at radius 2 is 1.61 bits per heavy atom. The molecule has 0 unspecified atom stereocenters. The van der Waals surface area contributed by atoms with Crippen LogP contribution in [0.1, 0.15) is 27.2 Å². The number of rotatable bonds is 6. The Labute approximate surface area is 176 Å². The van der Waals surface area contributed by atoms with Crippen LogP contribution < -0.4 is 4.74 Å². The van der Waals surface area contributed by atoms with E-state index in [0.29, 0.717) is 28.8 Å². The first kappa shape index (κ1) is 20.5. The Morgan fingerprint density at radius 3 is 2.26 bits per heavy atom. The molecular formula is C24H18F3NO3. The third kappa shape index (κ3) is 4.55. The number of benzene rings is 3. The van der Waals surface area contributed by atoms with Gasteiger partial charge in [-0.1, -0.05) is 42.5 Å². The summed E-state index contributed by atoms with van der Waals surface area (Å²) in [6, 6.07) is 21.2. The highest BCUT2D eigenvalue weighted by molar-refractivity contribution is 5.95. The van der Waals surface area contributed by atoms with E-state index in [9.17, 15) is 23.1 Å². The molecule has 0 spiro atoms. The first-order chi connectivity index (χ1) is 14.8. The number of aromatic carboxylic acids is 1. The summed E-state index contributed by atoms with van der Waals surface area (Å²) in [5.41, 5.74) is 1.54. The van der Waals surface area contributed by atoms with Gasteiger partial charge >= 0.3 is 12.1 Å². The van der Waals surface area contributed by atoms with Crippen LogP contribution in [0.5, 0.6) is 5.75 Å². The second-order valence-electron chi connectivity index (χ2n) is 7.11. The van der Waals surface area contributed by atoms with Crippen LogP contribution in [0, 0.1) is 0 Å². The number of carboxylic acid groups (broad SMARTS) is 1. The summed E-state index contributed by atoms with van der Waals surface area (Å²) in [5, 5.41) is 10.3. The molecule has 0 bridgehead atoms. The second-order valence-corrected chi connectivity index (χ2v) is 7.11. The Kier molecular flexibility index (Phi) is 5.42. The fourth-order valence-corrected chi connectivity index (χ4v) is 3.41. The largest absolute Gasteiger partial charge is 0.489 e. The average Bonchev–Trinajstić information content (AvgIpc) is 3.11. The lowest BCUT2D eigenvalue weighted by Crippen LogP contribution is -2.10. The van der Waals surface area contributed by atoms with Crippen LogP contribution in [-0.2, 0) is 19.3 Å². The second kappa shape index (κ2) is 8.18. The predicted octanol–water partition coefficient (Wildman–Crippen LogP) is 5.99. The number of halogens is 3. The summed E-state index contributed by atoms with van der Waals surface area (Å²) in [7, 11) is 0. The van der Waals surface area contributed by atoms with Crippen molar-refractivity contribution in [2.24, 2.45) is 0 Å². The molecule has 4 aromatic rings. The molecule has 0 fully saturated rings. The van der Waals surface area contributed by atoms with Crippen LogP contribution in [-0.4, -0.2) is 15.6 Å². The summed E-state index contributed by atoms with van der Waals surface area (Å²) in [4.78, 5) is 11.8. The summed E-state index contributed by atoms with van der Waals surface area (Å²) < 4.78 is 45.7. The van der Waals surface area contributed by atoms with E-state index in [1.165, 1.54) is 18.2 Å². The van der Waals surface area contributed by atoms with Crippen molar-refractivity contribution in [2.75, 3.05) is 0 Å². The number of fused-ring (bicyclic) bond motifs is 1. The molecule has 0 saturated carbocycles. The van der Waals surface area contributed by atoms with Gasteiger partial charge in [-0.25, -0.2) is 4.79 Å². The molecule has 0 aliphatic carbocycles. The molecule has 0 saturated heterocycles. The molecule has 1 heterocycles. The zero-order chi connectivity index (χ0) is 22.0. The fourth-order valence-electron chi connectivity index (χ4n) is 3.41. The Hall–Kier alpha value is -3.74. The van der Waals surface area contributed by atoms with E-state index in [1.54, 1.807) is 22.8 Å². The summed E-state index contributed by atoms with van der Waals surface area (Å²) >= 11 is 0. The van der Waals surface area contributed by atoms with Crippen molar-refractivity contribution in [3.8, 4) is 5.75 Å². The van der Waals surface area contributed by atoms with Gasteiger partial charge in [-0.2, -0.15) is 13.2 Å². The van der Waals surface area contributed by atoms with Crippen molar-refractivity contribution in [1.82, 2.24) is 4.57 Å². The highest BCUT2D eigenvalue weighted by atomic mass is 19.4. The smallest absolute Gasteiger partial charge is 0.416 e. The maximum Gasteiger partial charge on any atom is 0.416 e. The van der Waals surface area contributed by atoms with E-state index in [1.807, 2.05) is 30.3 Å². The molecule has 0 aliphatic heterocycles. The highest BCUT2D eigenvalue weighted by Gasteiger charge is 2.30. The standard InChI is InChI=1S/C24H18F3NO3/c25-24(26,27)19-8-6-16(7-9-19)14-28-21-11-10-20(12-18(21)13-22(28)23(29)30)31-15-17-4-2-1-3-5-17/h1-13H,14-15H2,(H,29,30). The number of aromatic nitrogens is 1. The number of nitrogens with zero attached hydrogens (tertiary/aromatic N) is 1. The van der Waals surface area contributed by atoms with Crippen molar-refractivity contribution in [2.45, 2.75) is 19.3 Å². The van der Waals surface area contributed by atoms with Crippen LogP contribution >= 0.6 is 0 Å². The van der Waals surface area contributed by atoms with E-state index < -0.39 is 17.7 Å². The molecule has 31 heavy (non-hydrogen) atoms. The van der Waals surface area contributed by atoms with Crippen molar-refractivity contribution in [3.63, 3.8) is 0 Å². The monoisotopic (exact) mass is 425 g/mol. The Morgan fingerprint density at radius 1 is 0.903 bits per heavy atom. The third-order valence-electron chi connectivity index (χ3n) is 4.96. The van der Waals surface area contributed by atoms with Gasteiger partial charge in [0.2, 0.25) is 0 Å². The highest BCUT2D eigenvalue weighted by Crippen LogP contribution is 2.30. The van der Waals surface area contributed by atoms with Gasteiger partial charge in [-0.3, -0.25) is 0 Å². The lowest BCUT2D eigenvalue weighted by molar-refractivity contribution is -0.137. The van der Waals surface area contributed by atoms with Gasteiger partial charge in [-0.15, -0.1) is 0 Å². The Balaban J connectivity index is 1.61.